The molecular formula is C11H8F3NO3. The van der Waals surface area contributed by atoms with E-state index in [1.54, 1.807) is 24.3 Å². The molecule has 18 heavy (non-hydrogen) atoms. The van der Waals surface area contributed by atoms with Gasteiger partial charge in [0, 0.05) is 6.54 Å². The fraction of sp³-hybridized carbons (Fsp3) is 0.273. The second-order valence-electron chi connectivity index (χ2n) is 3.72. The zero-order valence-electron chi connectivity index (χ0n) is 8.95. The van der Waals surface area contributed by atoms with Crippen molar-refractivity contribution in [2.45, 2.75) is 18.8 Å². The zero-order chi connectivity index (χ0) is 13.3. The monoisotopic (exact) mass is 259 g/mol. The highest BCUT2D eigenvalue weighted by Crippen LogP contribution is 2.27. The number of ether oxygens (including phenoxy) is 1. The van der Waals surface area contributed by atoms with Gasteiger partial charge in [-0.2, -0.15) is 13.2 Å². The first kappa shape index (κ1) is 12.6. The van der Waals surface area contributed by atoms with Crippen LogP contribution in [-0.2, 0) is 20.9 Å². The van der Waals surface area contributed by atoms with Crippen LogP contribution in [0, 0.1) is 0 Å². The van der Waals surface area contributed by atoms with Crippen LogP contribution < -0.4 is 5.32 Å². The second kappa shape index (κ2) is 4.41. The predicted octanol–water partition coefficient (Wildman–Crippen LogP) is 1.46. The van der Waals surface area contributed by atoms with Gasteiger partial charge in [0.2, 0.25) is 0 Å². The molecule has 0 radical (unpaired) electrons. The Morgan fingerprint density at radius 2 is 1.94 bits per heavy atom. The van der Waals surface area contributed by atoms with Crippen LogP contribution in [0.3, 0.4) is 0 Å². The maximum Gasteiger partial charge on any atom is 0.491 e. The van der Waals surface area contributed by atoms with Crippen LogP contribution in [0.4, 0.5) is 13.2 Å². The van der Waals surface area contributed by atoms with Gasteiger partial charge in [-0.1, -0.05) is 24.3 Å². The molecule has 1 N–H and O–H groups in total. The summed E-state index contributed by atoms with van der Waals surface area (Å²) in [5, 5.41) is 2.68. The lowest BCUT2D eigenvalue weighted by Crippen LogP contribution is -2.32. The van der Waals surface area contributed by atoms with Crippen molar-refractivity contribution >= 4 is 11.9 Å². The third-order valence-electron chi connectivity index (χ3n) is 2.52. The molecule has 0 amide bonds. The summed E-state index contributed by atoms with van der Waals surface area (Å²) in [5.41, 5.74) is 1.32. The molecule has 0 aromatic heterocycles. The van der Waals surface area contributed by atoms with Crippen LogP contribution in [-0.4, -0.2) is 18.1 Å². The first-order valence-corrected chi connectivity index (χ1v) is 5.03. The average molecular weight is 259 g/mol. The molecule has 96 valence electrons. The van der Waals surface area contributed by atoms with Gasteiger partial charge in [0.1, 0.15) is 6.04 Å². The number of alkyl halides is 3. The molecule has 0 fully saturated rings. The fourth-order valence-electron chi connectivity index (χ4n) is 1.72. The van der Waals surface area contributed by atoms with Gasteiger partial charge in [-0.25, -0.2) is 9.59 Å². The van der Waals surface area contributed by atoms with Gasteiger partial charge in [-0.3, -0.25) is 5.32 Å². The lowest BCUT2D eigenvalue weighted by Gasteiger charge is -2.11. The number of esters is 2. The molecule has 4 nitrogen and oxygen atoms in total. The maximum absolute atomic E-state index is 11.9. The molecule has 1 aromatic carbocycles. The third kappa shape index (κ3) is 2.35. The highest BCUT2D eigenvalue weighted by atomic mass is 19.4. The Kier molecular flexibility index (Phi) is 3.08. The Labute approximate surface area is 99.7 Å². The summed E-state index contributed by atoms with van der Waals surface area (Å²) in [5.74, 6) is -3.75. The van der Waals surface area contributed by atoms with Crippen LogP contribution >= 0.6 is 0 Å². The smallest absolute Gasteiger partial charge is 0.385 e. The molecule has 2 rings (SSSR count). The maximum atomic E-state index is 11.9. The van der Waals surface area contributed by atoms with E-state index in [1.807, 2.05) is 0 Å². The number of carbonyl (C=O) groups is 2. The van der Waals surface area contributed by atoms with E-state index >= 15 is 0 Å². The molecule has 1 atom stereocenters. The molecule has 1 aromatic rings. The number of hydrogen-bond acceptors (Lipinski definition) is 4. The molecule has 1 aliphatic heterocycles. The number of nitrogens with one attached hydrogen (secondary N) is 1. The number of halogens is 3. The van der Waals surface area contributed by atoms with Crippen LogP contribution in [0.5, 0.6) is 0 Å². The van der Waals surface area contributed by atoms with Gasteiger partial charge in [-0.15, -0.1) is 0 Å². The summed E-state index contributed by atoms with van der Waals surface area (Å²) in [7, 11) is 0. The van der Waals surface area contributed by atoms with E-state index in [-0.39, 0.29) is 0 Å². The predicted molar refractivity (Wildman–Crippen MR) is 53.2 cm³/mol. The first-order chi connectivity index (χ1) is 8.39. The minimum atomic E-state index is -5.17. The summed E-state index contributed by atoms with van der Waals surface area (Å²) >= 11 is 0. The molecule has 0 saturated heterocycles. The van der Waals surface area contributed by atoms with Crippen molar-refractivity contribution in [1.29, 1.82) is 0 Å². The summed E-state index contributed by atoms with van der Waals surface area (Å²) in [4.78, 5) is 22.0. The van der Waals surface area contributed by atoms with Crippen molar-refractivity contribution in [3.05, 3.63) is 35.4 Å². The largest absolute Gasteiger partial charge is 0.491 e. The first-order valence-electron chi connectivity index (χ1n) is 5.03. The molecule has 0 aliphatic carbocycles. The third-order valence-corrected chi connectivity index (χ3v) is 2.52. The summed E-state index contributed by atoms with van der Waals surface area (Å²) in [6.45, 7) is 0.343. The quantitative estimate of drug-likeness (QED) is 0.613. The molecule has 1 heterocycles. The molecular weight excluding hydrogens is 251 g/mol. The summed E-state index contributed by atoms with van der Waals surface area (Å²) in [6.07, 6.45) is -5.17. The highest BCUT2D eigenvalue weighted by Gasteiger charge is 2.44. The Balaban J connectivity index is 2.11. The number of benzene rings is 1. The Morgan fingerprint density at radius 1 is 1.28 bits per heavy atom. The SMILES string of the molecule is O=C(OC(=O)C(F)(F)F)[C@H]1NCc2ccccc21. The molecule has 7 heteroatoms. The van der Waals surface area contributed by atoms with Gasteiger partial charge in [0.05, 0.1) is 0 Å². The number of carbonyl (C=O) groups excluding carboxylic acids is 2. The van der Waals surface area contributed by atoms with E-state index in [1.165, 1.54) is 0 Å². The van der Waals surface area contributed by atoms with E-state index in [9.17, 15) is 22.8 Å². The molecule has 1 aliphatic rings. The van der Waals surface area contributed by atoms with Gasteiger partial charge < -0.3 is 4.74 Å². The van der Waals surface area contributed by atoms with Gasteiger partial charge in [0.25, 0.3) is 0 Å². The van der Waals surface area contributed by atoms with Crippen LogP contribution in [0.15, 0.2) is 24.3 Å². The zero-order valence-corrected chi connectivity index (χ0v) is 8.95. The van der Waals surface area contributed by atoms with Crippen molar-refractivity contribution in [1.82, 2.24) is 5.32 Å². The Bertz CT molecular complexity index is 499. The molecule has 0 saturated carbocycles. The van der Waals surface area contributed by atoms with Gasteiger partial charge in [0.15, 0.2) is 0 Å². The van der Waals surface area contributed by atoms with Crippen LogP contribution in [0.25, 0.3) is 0 Å². The average Bonchev–Trinajstić information content (AvgIpc) is 2.71. The van der Waals surface area contributed by atoms with Crippen molar-refractivity contribution in [2.75, 3.05) is 0 Å². The van der Waals surface area contributed by atoms with E-state index in [2.05, 4.69) is 10.1 Å². The highest BCUT2D eigenvalue weighted by molar-refractivity contribution is 5.92. The second-order valence-corrected chi connectivity index (χ2v) is 3.72. The lowest BCUT2D eigenvalue weighted by atomic mass is 10.1. The van der Waals surface area contributed by atoms with E-state index < -0.39 is 24.2 Å². The lowest BCUT2D eigenvalue weighted by molar-refractivity contribution is -0.202. The molecule has 0 spiro atoms. The van der Waals surface area contributed by atoms with Crippen molar-refractivity contribution in [3.8, 4) is 0 Å². The summed E-state index contributed by atoms with van der Waals surface area (Å²) in [6, 6.07) is 5.69. The van der Waals surface area contributed by atoms with Crippen molar-refractivity contribution in [3.63, 3.8) is 0 Å². The van der Waals surface area contributed by atoms with Crippen molar-refractivity contribution in [2.24, 2.45) is 0 Å². The standard InChI is InChI=1S/C11H8F3NO3/c12-11(13,14)10(17)18-9(16)8-7-4-2-1-3-6(7)5-15-8/h1-4,8,15H,5H2/t8-/m0/s1. The van der Waals surface area contributed by atoms with Crippen LogP contribution in [0.1, 0.15) is 17.2 Å². The topological polar surface area (TPSA) is 55.4 Å². The Hall–Kier alpha value is -1.89. The Morgan fingerprint density at radius 3 is 2.61 bits per heavy atom. The molecule has 0 bridgehead atoms. The summed E-state index contributed by atoms with van der Waals surface area (Å²) < 4.78 is 39.6. The normalized spacial score (nSPS) is 18.3. The number of hydrogen-bond donors (Lipinski definition) is 1. The van der Waals surface area contributed by atoms with E-state index in [0.29, 0.717) is 12.1 Å². The van der Waals surface area contributed by atoms with E-state index in [4.69, 9.17) is 0 Å². The number of fused-ring (bicyclic) bond motifs is 1. The minimum absolute atomic E-state index is 0.343. The van der Waals surface area contributed by atoms with E-state index in [0.717, 1.165) is 5.56 Å². The number of rotatable bonds is 1. The van der Waals surface area contributed by atoms with Gasteiger partial charge >= 0.3 is 18.1 Å². The van der Waals surface area contributed by atoms with Gasteiger partial charge in [-0.05, 0) is 11.1 Å². The minimum Gasteiger partial charge on any atom is -0.385 e. The fourth-order valence-corrected chi connectivity index (χ4v) is 1.72. The molecule has 0 unspecified atom stereocenters. The van der Waals surface area contributed by atoms with Crippen LogP contribution in [0.2, 0.25) is 0 Å². The van der Waals surface area contributed by atoms with Crippen molar-refractivity contribution < 1.29 is 27.5 Å².